The van der Waals surface area contributed by atoms with E-state index >= 15 is 0 Å². The maximum absolute atomic E-state index is 11.6. The number of nitrogens with two attached hydrogens (primary N) is 1. The summed E-state index contributed by atoms with van der Waals surface area (Å²) in [6.45, 7) is 4.15. The van der Waals surface area contributed by atoms with E-state index in [1.54, 1.807) is 6.92 Å². The van der Waals surface area contributed by atoms with Gasteiger partial charge >= 0.3 is 5.69 Å². The molecule has 0 saturated carbocycles. The molecule has 9 heteroatoms. The van der Waals surface area contributed by atoms with Gasteiger partial charge in [0, 0.05) is 24.9 Å². The zero-order valence-corrected chi connectivity index (χ0v) is 11.0. The standard InChI is InChI=1S/C10H14N2O5.CH4N2/c1-5-3-12(10(16)11-9(5)15)8-2-6(14)7(4-13)17-8;1-3-2/h3,6-8,13-14H,2,4H2,1H3,(H,11,15,16);1-2H2/t6-,7+,8+;/m0./s1. The Labute approximate surface area is 114 Å². The third-order valence-corrected chi connectivity index (χ3v) is 2.84. The molecule has 1 aromatic rings. The third-order valence-electron chi connectivity index (χ3n) is 2.84. The van der Waals surface area contributed by atoms with Gasteiger partial charge in [0.2, 0.25) is 0 Å². The van der Waals surface area contributed by atoms with Gasteiger partial charge in [0.05, 0.1) is 12.7 Å². The highest BCUT2D eigenvalue weighted by Gasteiger charge is 2.34. The summed E-state index contributed by atoms with van der Waals surface area (Å²) in [6.07, 6.45) is -0.581. The number of nitrogens with zero attached hydrogens (tertiary/aromatic N) is 2. The van der Waals surface area contributed by atoms with Gasteiger partial charge in [0.25, 0.3) is 5.56 Å². The molecule has 1 aliphatic rings. The van der Waals surface area contributed by atoms with Crippen molar-refractivity contribution in [2.45, 2.75) is 31.8 Å². The van der Waals surface area contributed by atoms with Crippen LogP contribution in [-0.2, 0) is 4.74 Å². The van der Waals surface area contributed by atoms with E-state index in [9.17, 15) is 14.7 Å². The molecule has 5 N–H and O–H groups in total. The summed E-state index contributed by atoms with van der Waals surface area (Å²) in [6, 6.07) is 0. The predicted octanol–water partition coefficient (Wildman–Crippen LogP) is -1.95. The third kappa shape index (κ3) is 3.53. The molecule has 1 saturated heterocycles. The lowest BCUT2D eigenvalue weighted by Gasteiger charge is -2.14. The van der Waals surface area contributed by atoms with Crippen molar-refractivity contribution in [3.8, 4) is 0 Å². The molecule has 1 aromatic heterocycles. The zero-order valence-electron chi connectivity index (χ0n) is 11.0. The maximum Gasteiger partial charge on any atom is 0.330 e. The van der Waals surface area contributed by atoms with Crippen LogP contribution in [0.3, 0.4) is 0 Å². The van der Waals surface area contributed by atoms with Crippen LogP contribution in [0.2, 0.25) is 0 Å². The number of rotatable bonds is 2. The Morgan fingerprint density at radius 1 is 1.65 bits per heavy atom. The molecule has 0 spiro atoms. The van der Waals surface area contributed by atoms with Gasteiger partial charge in [-0.25, -0.2) is 4.79 Å². The Kier molecular flexibility index (Phi) is 5.62. The molecule has 2 rings (SSSR count). The van der Waals surface area contributed by atoms with Crippen LogP contribution in [0.25, 0.3) is 0 Å². The Morgan fingerprint density at radius 2 is 2.25 bits per heavy atom. The SMILES string of the molecule is C=NN.Cc1cn([C@H]2C[C@H](O)[C@@H](CO)O2)c(=O)[nH]c1=O. The Hall–Kier alpha value is -1.97. The molecule has 0 aromatic carbocycles. The minimum absolute atomic E-state index is 0.205. The van der Waals surface area contributed by atoms with E-state index in [0.29, 0.717) is 5.56 Å². The minimum Gasteiger partial charge on any atom is -0.394 e. The Bertz CT molecular complexity index is 567. The maximum atomic E-state index is 11.6. The average molecular weight is 286 g/mol. The number of ether oxygens (including phenoxy) is 1. The second kappa shape index (κ2) is 6.98. The van der Waals surface area contributed by atoms with Crippen LogP contribution in [0.5, 0.6) is 0 Å². The zero-order chi connectivity index (χ0) is 15.3. The molecule has 9 nitrogen and oxygen atoms in total. The minimum atomic E-state index is -0.816. The van der Waals surface area contributed by atoms with Crippen LogP contribution in [0.4, 0.5) is 0 Å². The summed E-state index contributed by atoms with van der Waals surface area (Å²) in [4.78, 5) is 24.9. The van der Waals surface area contributed by atoms with Gasteiger partial charge in [0.15, 0.2) is 0 Å². The molecular weight excluding hydrogens is 268 g/mol. The summed E-state index contributed by atoms with van der Waals surface area (Å²) in [7, 11) is 0. The van der Waals surface area contributed by atoms with Crippen LogP contribution in [0.1, 0.15) is 18.2 Å². The lowest BCUT2D eigenvalue weighted by Crippen LogP contribution is -2.33. The number of aromatic amines is 1. The van der Waals surface area contributed by atoms with E-state index < -0.39 is 29.7 Å². The highest BCUT2D eigenvalue weighted by molar-refractivity contribution is 5.21. The van der Waals surface area contributed by atoms with Gasteiger partial charge in [-0.15, -0.1) is 0 Å². The average Bonchev–Trinajstić information content (AvgIpc) is 2.76. The molecule has 2 heterocycles. The number of aryl methyl sites for hydroxylation is 1. The highest BCUT2D eigenvalue weighted by Crippen LogP contribution is 2.27. The molecule has 20 heavy (non-hydrogen) atoms. The molecular formula is C11H18N4O5. The quantitative estimate of drug-likeness (QED) is 0.282. The van der Waals surface area contributed by atoms with E-state index in [1.165, 1.54) is 10.8 Å². The molecule has 0 amide bonds. The van der Waals surface area contributed by atoms with E-state index in [-0.39, 0.29) is 13.0 Å². The number of hydrogen-bond donors (Lipinski definition) is 4. The molecule has 0 radical (unpaired) electrons. The van der Waals surface area contributed by atoms with Crippen molar-refractivity contribution in [3.63, 3.8) is 0 Å². The van der Waals surface area contributed by atoms with E-state index in [4.69, 9.17) is 9.84 Å². The number of hydrogen-bond acceptors (Lipinski definition) is 7. The molecule has 3 atom stereocenters. The van der Waals surface area contributed by atoms with E-state index in [1.807, 2.05) is 0 Å². The summed E-state index contributed by atoms with van der Waals surface area (Å²) in [5.74, 6) is 4.36. The Balaban J connectivity index is 0.000000612. The number of aromatic nitrogens is 2. The number of aliphatic hydroxyl groups excluding tert-OH is 2. The summed E-state index contributed by atoms with van der Waals surface area (Å²) >= 11 is 0. The second-order valence-electron chi connectivity index (χ2n) is 4.28. The van der Waals surface area contributed by atoms with Crippen LogP contribution in [0, 0.1) is 6.92 Å². The van der Waals surface area contributed by atoms with Gasteiger partial charge in [-0.1, -0.05) is 0 Å². The largest absolute Gasteiger partial charge is 0.394 e. The summed E-state index contributed by atoms with van der Waals surface area (Å²) in [5, 5.41) is 21.3. The van der Waals surface area contributed by atoms with Crippen LogP contribution >= 0.6 is 0 Å². The van der Waals surface area contributed by atoms with Crippen molar-refractivity contribution in [2.75, 3.05) is 6.61 Å². The van der Waals surface area contributed by atoms with Crippen molar-refractivity contribution in [2.24, 2.45) is 10.9 Å². The lowest BCUT2D eigenvalue weighted by molar-refractivity contribution is -0.0459. The first-order valence-corrected chi connectivity index (χ1v) is 5.87. The van der Waals surface area contributed by atoms with Crippen molar-refractivity contribution >= 4 is 6.72 Å². The van der Waals surface area contributed by atoms with E-state index in [0.717, 1.165) is 0 Å². The smallest absolute Gasteiger partial charge is 0.330 e. The molecule has 1 fully saturated rings. The molecule has 0 aliphatic carbocycles. The molecule has 0 unspecified atom stereocenters. The lowest BCUT2D eigenvalue weighted by atomic mass is 10.2. The predicted molar refractivity (Wildman–Crippen MR) is 71.4 cm³/mol. The topological polar surface area (TPSA) is 143 Å². The van der Waals surface area contributed by atoms with Crippen molar-refractivity contribution in [1.29, 1.82) is 0 Å². The van der Waals surface area contributed by atoms with Crippen molar-refractivity contribution < 1.29 is 14.9 Å². The second-order valence-corrected chi connectivity index (χ2v) is 4.28. The monoisotopic (exact) mass is 286 g/mol. The van der Waals surface area contributed by atoms with Crippen LogP contribution in [-0.4, -0.2) is 45.3 Å². The number of aliphatic hydroxyl groups is 2. The fraction of sp³-hybridized carbons (Fsp3) is 0.545. The Morgan fingerprint density at radius 3 is 2.75 bits per heavy atom. The van der Waals surface area contributed by atoms with Gasteiger partial charge in [0.1, 0.15) is 12.3 Å². The number of hydrazone groups is 1. The first-order chi connectivity index (χ1) is 9.44. The fourth-order valence-corrected chi connectivity index (χ4v) is 1.85. The summed E-state index contributed by atoms with van der Waals surface area (Å²) in [5.41, 5.74) is -0.643. The van der Waals surface area contributed by atoms with Gasteiger partial charge in [-0.2, -0.15) is 5.10 Å². The first kappa shape index (κ1) is 16.1. The fourth-order valence-electron chi connectivity index (χ4n) is 1.85. The molecule has 112 valence electrons. The van der Waals surface area contributed by atoms with Crippen molar-refractivity contribution in [3.05, 3.63) is 32.6 Å². The normalized spacial score (nSPS) is 24.9. The van der Waals surface area contributed by atoms with Gasteiger partial charge < -0.3 is 20.8 Å². The number of H-pyrrole nitrogens is 1. The highest BCUT2D eigenvalue weighted by atomic mass is 16.5. The van der Waals surface area contributed by atoms with Crippen LogP contribution < -0.4 is 17.1 Å². The van der Waals surface area contributed by atoms with Crippen molar-refractivity contribution in [1.82, 2.24) is 9.55 Å². The van der Waals surface area contributed by atoms with Gasteiger partial charge in [-0.05, 0) is 6.92 Å². The number of nitrogens with one attached hydrogen (secondary N) is 1. The van der Waals surface area contributed by atoms with Crippen LogP contribution in [0.15, 0.2) is 20.9 Å². The first-order valence-electron chi connectivity index (χ1n) is 5.87. The summed E-state index contributed by atoms with van der Waals surface area (Å²) < 4.78 is 6.54. The molecule has 1 aliphatic heterocycles. The van der Waals surface area contributed by atoms with Gasteiger partial charge in [-0.3, -0.25) is 14.3 Å². The van der Waals surface area contributed by atoms with E-state index in [2.05, 4.69) is 22.6 Å². The molecule has 0 bridgehead atoms.